The summed E-state index contributed by atoms with van der Waals surface area (Å²) in [4.78, 5) is 47.6. The van der Waals surface area contributed by atoms with Crippen molar-refractivity contribution in [3.8, 4) is 0 Å². The number of primary amides is 1. The molecule has 5 rings (SSSR count). The van der Waals surface area contributed by atoms with Gasteiger partial charge in [0.1, 0.15) is 5.82 Å². The maximum atomic E-state index is 13.4. The van der Waals surface area contributed by atoms with Crippen molar-refractivity contribution in [3.05, 3.63) is 65.0 Å². The van der Waals surface area contributed by atoms with Gasteiger partial charge in [-0.25, -0.2) is 4.39 Å². The first-order chi connectivity index (χ1) is 19.7. The van der Waals surface area contributed by atoms with Gasteiger partial charge in [0, 0.05) is 36.7 Å². The van der Waals surface area contributed by atoms with Crippen LogP contribution in [0.4, 0.5) is 4.39 Å². The highest BCUT2D eigenvalue weighted by Crippen LogP contribution is 2.34. The quantitative estimate of drug-likeness (QED) is 0.405. The number of aromatic nitrogens is 2. The largest absolute Gasteiger partial charge is 0.369 e. The Labute approximate surface area is 239 Å². The normalized spacial score (nSPS) is 22.2. The summed E-state index contributed by atoms with van der Waals surface area (Å²) in [6.07, 6.45) is 4.80. The third-order valence-electron chi connectivity index (χ3n) is 8.27. The smallest absolute Gasteiger partial charge is 0.280 e. The summed E-state index contributed by atoms with van der Waals surface area (Å²) in [5, 5.41) is 3.03. The Hall–Kier alpha value is -3.79. The number of hydrogen-bond donors (Lipinski definition) is 3. The molecular weight excluding hydrogens is 523 g/mol. The second-order valence-corrected chi connectivity index (χ2v) is 11.7. The lowest BCUT2D eigenvalue weighted by Gasteiger charge is -2.31. The number of carbonyl (C=O) groups excluding carboxylic acids is 3. The number of amides is 3. The van der Waals surface area contributed by atoms with E-state index in [1.807, 2.05) is 19.9 Å². The van der Waals surface area contributed by atoms with Gasteiger partial charge >= 0.3 is 0 Å². The molecule has 1 unspecified atom stereocenters. The molecule has 218 valence electrons. The van der Waals surface area contributed by atoms with Crippen LogP contribution >= 0.6 is 0 Å². The number of halogens is 1. The first kappa shape index (κ1) is 28.7. The molecule has 2 aliphatic rings. The zero-order valence-corrected chi connectivity index (χ0v) is 23.7. The van der Waals surface area contributed by atoms with Gasteiger partial charge in [-0.3, -0.25) is 19.3 Å². The summed E-state index contributed by atoms with van der Waals surface area (Å²) in [5.74, 6) is -1.19. The molecule has 0 radical (unpaired) electrons. The van der Waals surface area contributed by atoms with Crippen molar-refractivity contribution in [1.82, 2.24) is 19.8 Å². The lowest BCUT2D eigenvalue weighted by molar-refractivity contribution is -0.126. The monoisotopic (exact) mass is 562 g/mol. The minimum Gasteiger partial charge on any atom is -0.369 e. The molecule has 0 bridgehead atoms. The molecule has 2 aromatic carbocycles. The van der Waals surface area contributed by atoms with Gasteiger partial charge in [-0.15, -0.1) is 0 Å². The Morgan fingerprint density at radius 2 is 1.78 bits per heavy atom. The van der Waals surface area contributed by atoms with Crippen LogP contribution in [0.1, 0.15) is 74.3 Å². The molecule has 1 atom stereocenters. The van der Waals surface area contributed by atoms with Gasteiger partial charge < -0.3 is 20.6 Å². The van der Waals surface area contributed by atoms with Crippen molar-refractivity contribution in [3.63, 3.8) is 0 Å². The summed E-state index contributed by atoms with van der Waals surface area (Å²) in [6, 6.07) is 11.7. The van der Waals surface area contributed by atoms with E-state index in [0.717, 1.165) is 61.7 Å². The average molecular weight is 563 g/mol. The van der Waals surface area contributed by atoms with Crippen molar-refractivity contribution in [2.75, 3.05) is 13.1 Å². The van der Waals surface area contributed by atoms with Crippen molar-refractivity contribution < 1.29 is 18.8 Å². The number of aromatic amines is 1. The van der Waals surface area contributed by atoms with Crippen molar-refractivity contribution >= 4 is 28.8 Å². The fourth-order valence-electron chi connectivity index (χ4n) is 6.17. The predicted octanol–water partition coefficient (Wildman–Crippen LogP) is 3.80. The van der Waals surface area contributed by atoms with Crippen molar-refractivity contribution in [1.29, 1.82) is 0 Å². The van der Waals surface area contributed by atoms with E-state index in [4.69, 9.17) is 5.73 Å². The topological polar surface area (TPSA) is 126 Å². The highest BCUT2D eigenvalue weighted by atomic mass is 19.1. The van der Waals surface area contributed by atoms with Gasteiger partial charge in [0.15, 0.2) is 0 Å². The molecule has 3 aromatic rings. The van der Waals surface area contributed by atoms with Crippen molar-refractivity contribution in [2.45, 2.75) is 71.0 Å². The van der Waals surface area contributed by atoms with E-state index in [1.54, 1.807) is 0 Å². The Bertz CT molecular complexity index is 1480. The Balaban J connectivity index is 1.47. The molecular formula is C31H39FN6O3. The van der Waals surface area contributed by atoms with Gasteiger partial charge in [-0.05, 0) is 101 Å². The minimum atomic E-state index is -0.457. The number of nitrogens with two attached hydrogens (primary N) is 1. The number of piperidine rings is 1. The number of benzene rings is 2. The highest BCUT2D eigenvalue weighted by molar-refractivity contribution is 5.95. The van der Waals surface area contributed by atoms with Crippen LogP contribution in [0, 0.1) is 17.7 Å². The maximum Gasteiger partial charge on any atom is 0.280 e. The first-order valence-electron chi connectivity index (χ1n) is 14.6. The number of fused-ring (bicyclic) bond motifs is 1. The molecule has 0 spiro atoms. The van der Waals surface area contributed by atoms with Gasteiger partial charge in [0.2, 0.25) is 17.4 Å². The lowest BCUT2D eigenvalue weighted by Crippen LogP contribution is -2.40. The van der Waals surface area contributed by atoms with Crippen LogP contribution in [0.3, 0.4) is 0 Å². The van der Waals surface area contributed by atoms with Gasteiger partial charge in [0.05, 0.1) is 17.0 Å². The molecule has 10 heteroatoms. The number of hydrogen-bond acceptors (Lipinski definition) is 4. The number of nitrogens with one attached hydrogen (secondary N) is 2. The van der Waals surface area contributed by atoms with E-state index in [-0.39, 0.29) is 35.7 Å². The number of rotatable bonds is 7. The van der Waals surface area contributed by atoms with Crippen LogP contribution in [-0.4, -0.2) is 51.3 Å². The Morgan fingerprint density at radius 1 is 1.05 bits per heavy atom. The molecule has 41 heavy (non-hydrogen) atoms. The zero-order valence-electron chi connectivity index (χ0n) is 23.7. The van der Waals surface area contributed by atoms with E-state index in [9.17, 15) is 18.8 Å². The summed E-state index contributed by atoms with van der Waals surface area (Å²) in [6.45, 7) is 6.17. The van der Waals surface area contributed by atoms with E-state index in [0.29, 0.717) is 24.3 Å². The average Bonchev–Trinajstić information content (AvgIpc) is 3.30. The zero-order chi connectivity index (χ0) is 29.1. The minimum absolute atomic E-state index is 0.0337. The fourth-order valence-corrected chi connectivity index (χ4v) is 6.17. The van der Waals surface area contributed by atoms with Crippen molar-refractivity contribution in [2.24, 2.45) is 22.6 Å². The van der Waals surface area contributed by atoms with Crippen LogP contribution in [0.5, 0.6) is 0 Å². The first-order valence-corrected chi connectivity index (χ1v) is 14.6. The van der Waals surface area contributed by atoms with Crippen LogP contribution in [0.2, 0.25) is 0 Å². The van der Waals surface area contributed by atoms with E-state index in [1.165, 1.54) is 24.3 Å². The number of H-pyrrole nitrogens is 1. The summed E-state index contributed by atoms with van der Waals surface area (Å²) in [7, 11) is 0. The Kier molecular flexibility index (Phi) is 8.68. The van der Waals surface area contributed by atoms with E-state index >= 15 is 0 Å². The second-order valence-electron chi connectivity index (χ2n) is 11.7. The van der Waals surface area contributed by atoms with Crippen LogP contribution in [-0.2, 0) is 16.1 Å². The van der Waals surface area contributed by atoms with E-state index in [2.05, 4.69) is 36.9 Å². The molecule has 1 saturated carbocycles. The SMILES string of the molecule is CC(C)NC(=O)[C@H]1CC[C@@H](n2/c(=N/C(=O)c3ccc(F)cc3)[nH]c3ccc(CN4CCCC(C(N)=O)C4)cc32)CC1. The molecule has 1 aliphatic carbocycles. The molecule has 4 N–H and O–H groups in total. The van der Waals surface area contributed by atoms with Gasteiger partial charge in [-0.1, -0.05) is 6.07 Å². The maximum absolute atomic E-state index is 13.4. The van der Waals surface area contributed by atoms with E-state index < -0.39 is 11.7 Å². The van der Waals surface area contributed by atoms with Crippen LogP contribution < -0.4 is 16.7 Å². The van der Waals surface area contributed by atoms with Gasteiger partial charge in [-0.2, -0.15) is 4.99 Å². The highest BCUT2D eigenvalue weighted by Gasteiger charge is 2.29. The molecule has 9 nitrogen and oxygen atoms in total. The van der Waals surface area contributed by atoms with Crippen LogP contribution in [0.15, 0.2) is 47.5 Å². The predicted molar refractivity (Wildman–Crippen MR) is 154 cm³/mol. The number of carbonyl (C=O) groups is 3. The number of imidazole rings is 1. The second kappa shape index (κ2) is 12.4. The van der Waals surface area contributed by atoms with Crippen LogP contribution in [0.25, 0.3) is 11.0 Å². The third kappa shape index (κ3) is 6.75. The molecule has 2 fully saturated rings. The molecule has 1 aromatic heterocycles. The standard InChI is InChI=1S/C31H39FN6O3/c1-19(2)34-29(40)22-8-12-25(13-9-22)38-27-16-20(17-37-15-3-4-23(18-37)28(33)39)5-14-26(27)35-31(38)36-30(41)21-6-10-24(32)11-7-21/h5-7,10-11,14,16,19,22-23,25H,3-4,8-9,12-13,15,17-18H2,1-2H3,(H2,33,39)(H,34,40)(H,35,36,41)/t22-,23?,25+. The summed E-state index contributed by atoms with van der Waals surface area (Å²) in [5.41, 5.74) is 9.22. The fraction of sp³-hybridized carbons (Fsp3) is 0.484. The molecule has 3 amide bonds. The molecule has 1 aliphatic heterocycles. The Morgan fingerprint density at radius 3 is 2.46 bits per heavy atom. The molecule has 2 heterocycles. The summed E-state index contributed by atoms with van der Waals surface area (Å²) >= 11 is 0. The molecule has 1 saturated heterocycles. The summed E-state index contributed by atoms with van der Waals surface area (Å²) < 4.78 is 15.5. The lowest BCUT2D eigenvalue weighted by atomic mass is 9.85. The third-order valence-corrected chi connectivity index (χ3v) is 8.27. The van der Waals surface area contributed by atoms with Gasteiger partial charge in [0.25, 0.3) is 5.91 Å². The number of likely N-dealkylation sites (tertiary alicyclic amines) is 1. The number of nitrogens with zero attached hydrogens (tertiary/aromatic N) is 3.